The number of halogens is 2. The Morgan fingerprint density at radius 1 is 1.71 bits per heavy atom. The van der Waals surface area contributed by atoms with E-state index in [2.05, 4.69) is 5.32 Å². The highest BCUT2D eigenvalue weighted by Gasteiger charge is 2.17. The zero-order valence-electron chi connectivity index (χ0n) is 7.76. The Hall–Kier alpha value is -1.17. The summed E-state index contributed by atoms with van der Waals surface area (Å²) in [7, 11) is 0. The minimum Gasteiger partial charge on any atom is -0.386 e. The maximum absolute atomic E-state index is 12.1. The number of nitrogens with two attached hydrogens (primary N) is 1. The van der Waals surface area contributed by atoms with Gasteiger partial charge in [-0.15, -0.1) is 0 Å². The Morgan fingerprint density at radius 2 is 2.43 bits per heavy atom. The van der Waals surface area contributed by atoms with Gasteiger partial charge in [0.1, 0.15) is 5.84 Å². The first-order valence-electron chi connectivity index (χ1n) is 4.37. The molecule has 6 heteroatoms. The lowest BCUT2D eigenvalue weighted by molar-refractivity contribution is 0.0878. The van der Waals surface area contributed by atoms with Crippen LogP contribution in [0.5, 0.6) is 0 Å². The smallest absolute Gasteiger partial charge is 0.251 e. The first-order valence-corrected chi connectivity index (χ1v) is 4.37. The van der Waals surface area contributed by atoms with Crippen LogP contribution < -0.4 is 11.1 Å². The average Bonchev–Trinajstić information content (AvgIpc) is 2.01. The molecule has 0 aliphatic carbocycles. The fourth-order valence-electron chi connectivity index (χ4n) is 1.39. The van der Waals surface area contributed by atoms with Crippen molar-refractivity contribution in [1.29, 1.82) is 5.41 Å². The van der Waals surface area contributed by atoms with Gasteiger partial charge < -0.3 is 11.1 Å². The molecule has 0 spiro atoms. The third-order valence-corrected chi connectivity index (χ3v) is 1.90. The van der Waals surface area contributed by atoms with Gasteiger partial charge in [0.05, 0.1) is 6.54 Å². The van der Waals surface area contributed by atoms with E-state index in [4.69, 9.17) is 11.1 Å². The van der Waals surface area contributed by atoms with Gasteiger partial charge >= 0.3 is 0 Å². The maximum Gasteiger partial charge on any atom is 0.251 e. The lowest BCUT2D eigenvalue weighted by Gasteiger charge is -2.29. The molecule has 1 fully saturated rings. The molecule has 80 valence electrons. The second-order valence-corrected chi connectivity index (χ2v) is 3.18. The SMILES string of the molecule is N=C(N)/C=C1/CN(CC(F)F)CCN1. The van der Waals surface area contributed by atoms with E-state index < -0.39 is 6.43 Å². The standard InChI is InChI=1S/C8H14F2N4/c9-7(10)5-14-2-1-13-6(4-14)3-8(11)12/h3,7,13H,1-2,4-5H2,(H3,11,12)/b6-3-. The number of nitrogens with zero attached hydrogens (tertiary/aromatic N) is 1. The zero-order chi connectivity index (χ0) is 10.6. The van der Waals surface area contributed by atoms with E-state index in [1.54, 1.807) is 4.90 Å². The van der Waals surface area contributed by atoms with Gasteiger partial charge in [0.25, 0.3) is 6.43 Å². The molecule has 4 N–H and O–H groups in total. The van der Waals surface area contributed by atoms with Crippen LogP contribution in [-0.2, 0) is 0 Å². The highest BCUT2D eigenvalue weighted by Crippen LogP contribution is 2.05. The van der Waals surface area contributed by atoms with Crippen LogP contribution in [0.4, 0.5) is 8.78 Å². The van der Waals surface area contributed by atoms with Gasteiger partial charge in [0, 0.05) is 25.3 Å². The Labute approximate surface area is 81.3 Å². The van der Waals surface area contributed by atoms with Gasteiger partial charge in [-0.1, -0.05) is 0 Å². The molecule has 0 saturated carbocycles. The molecule has 0 amide bonds. The quantitative estimate of drug-likeness (QED) is 0.447. The molecular formula is C8H14F2N4. The fraction of sp³-hybridized carbons (Fsp3) is 0.625. The summed E-state index contributed by atoms with van der Waals surface area (Å²) in [6, 6.07) is 0. The van der Waals surface area contributed by atoms with E-state index in [0.29, 0.717) is 19.6 Å². The first-order chi connectivity index (χ1) is 6.58. The van der Waals surface area contributed by atoms with Crippen LogP contribution in [-0.4, -0.2) is 43.3 Å². The number of amidine groups is 1. The number of hydrogen-bond acceptors (Lipinski definition) is 3. The summed E-state index contributed by atoms with van der Waals surface area (Å²) in [5.41, 5.74) is 5.90. The van der Waals surface area contributed by atoms with E-state index in [1.807, 2.05) is 0 Å². The molecule has 1 heterocycles. The van der Waals surface area contributed by atoms with Crippen molar-refractivity contribution in [2.24, 2.45) is 5.73 Å². The predicted octanol–water partition coefficient (Wildman–Crippen LogP) is -0.0234. The largest absolute Gasteiger partial charge is 0.386 e. The second-order valence-electron chi connectivity index (χ2n) is 3.18. The number of alkyl halides is 2. The van der Waals surface area contributed by atoms with Gasteiger partial charge in [0.2, 0.25) is 0 Å². The summed E-state index contributed by atoms with van der Waals surface area (Å²) in [5.74, 6) is -0.0635. The van der Waals surface area contributed by atoms with E-state index in [1.165, 1.54) is 6.08 Å². The van der Waals surface area contributed by atoms with E-state index in [0.717, 1.165) is 5.70 Å². The lowest BCUT2D eigenvalue weighted by atomic mass is 10.2. The van der Waals surface area contributed by atoms with E-state index in [-0.39, 0.29) is 12.4 Å². The second kappa shape index (κ2) is 4.90. The van der Waals surface area contributed by atoms with Crippen LogP contribution in [0.1, 0.15) is 0 Å². The van der Waals surface area contributed by atoms with Crippen LogP contribution in [0, 0.1) is 5.41 Å². The van der Waals surface area contributed by atoms with Gasteiger partial charge in [0.15, 0.2) is 0 Å². The summed E-state index contributed by atoms with van der Waals surface area (Å²) >= 11 is 0. The predicted molar refractivity (Wildman–Crippen MR) is 50.4 cm³/mol. The topological polar surface area (TPSA) is 65.1 Å². The van der Waals surface area contributed by atoms with Crippen molar-refractivity contribution in [3.05, 3.63) is 11.8 Å². The molecule has 1 aliphatic heterocycles. The molecule has 1 saturated heterocycles. The minimum absolute atomic E-state index is 0.0635. The summed E-state index contributed by atoms with van der Waals surface area (Å²) in [6.45, 7) is 1.40. The monoisotopic (exact) mass is 204 g/mol. The molecule has 0 unspecified atom stereocenters. The maximum atomic E-state index is 12.1. The van der Waals surface area contributed by atoms with E-state index in [9.17, 15) is 8.78 Å². The van der Waals surface area contributed by atoms with Crippen molar-refractivity contribution >= 4 is 5.84 Å². The molecule has 4 nitrogen and oxygen atoms in total. The number of nitrogens with one attached hydrogen (secondary N) is 2. The Balaban J connectivity index is 2.47. The van der Waals surface area contributed by atoms with Crippen molar-refractivity contribution in [3.8, 4) is 0 Å². The summed E-state index contributed by atoms with van der Waals surface area (Å²) in [4.78, 5) is 1.63. The first kappa shape index (κ1) is 10.9. The van der Waals surface area contributed by atoms with Crippen molar-refractivity contribution in [2.45, 2.75) is 6.43 Å². The van der Waals surface area contributed by atoms with Crippen molar-refractivity contribution in [2.75, 3.05) is 26.2 Å². The lowest BCUT2D eigenvalue weighted by Crippen LogP contribution is -2.44. The van der Waals surface area contributed by atoms with Crippen LogP contribution in [0.3, 0.4) is 0 Å². The van der Waals surface area contributed by atoms with Gasteiger partial charge in [-0.3, -0.25) is 10.3 Å². The molecule has 0 bridgehead atoms. The molecule has 0 aromatic heterocycles. The van der Waals surface area contributed by atoms with Crippen molar-refractivity contribution in [1.82, 2.24) is 10.2 Å². The molecule has 0 radical (unpaired) electrons. The number of piperazine rings is 1. The fourth-order valence-corrected chi connectivity index (χ4v) is 1.39. The number of hydrogen-bond donors (Lipinski definition) is 3. The zero-order valence-corrected chi connectivity index (χ0v) is 7.76. The molecule has 0 aromatic carbocycles. The highest BCUT2D eigenvalue weighted by atomic mass is 19.3. The van der Waals surface area contributed by atoms with Crippen molar-refractivity contribution in [3.63, 3.8) is 0 Å². The third-order valence-electron chi connectivity index (χ3n) is 1.90. The molecule has 0 atom stereocenters. The van der Waals surface area contributed by atoms with Crippen LogP contribution in [0.2, 0.25) is 0 Å². The third kappa shape index (κ3) is 3.69. The molecule has 14 heavy (non-hydrogen) atoms. The molecular weight excluding hydrogens is 190 g/mol. The summed E-state index contributed by atoms with van der Waals surface area (Å²) in [5, 5.41) is 10.0. The van der Waals surface area contributed by atoms with Gasteiger partial charge in [-0.2, -0.15) is 0 Å². The Kier molecular flexibility index (Phi) is 3.82. The number of rotatable bonds is 3. The molecule has 1 aliphatic rings. The summed E-state index contributed by atoms with van der Waals surface area (Å²) in [6.07, 6.45) is -0.857. The normalized spacial score (nSPS) is 21.2. The van der Waals surface area contributed by atoms with Crippen molar-refractivity contribution < 1.29 is 8.78 Å². The van der Waals surface area contributed by atoms with Gasteiger partial charge in [-0.05, 0) is 6.08 Å². The molecule has 1 rings (SSSR count). The Bertz CT molecular complexity index is 239. The Morgan fingerprint density at radius 3 is 3.00 bits per heavy atom. The molecule has 0 aromatic rings. The average molecular weight is 204 g/mol. The minimum atomic E-state index is -2.31. The summed E-state index contributed by atoms with van der Waals surface area (Å²) < 4.78 is 24.1. The van der Waals surface area contributed by atoms with Crippen LogP contribution in [0.25, 0.3) is 0 Å². The van der Waals surface area contributed by atoms with Gasteiger partial charge in [-0.25, -0.2) is 8.78 Å². The van der Waals surface area contributed by atoms with Crippen LogP contribution >= 0.6 is 0 Å². The van der Waals surface area contributed by atoms with Crippen LogP contribution in [0.15, 0.2) is 11.8 Å². The highest BCUT2D eigenvalue weighted by molar-refractivity contribution is 5.89. The van der Waals surface area contributed by atoms with E-state index >= 15 is 0 Å².